The Morgan fingerprint density at radius 2 is 1.92 bits per heavy atom. The Bertz CT molecular complexity index is 833. The standard InChI is InChI=1S/C15H10Br2N2O5/c16-10-5-8(6-11(17)14(10)20)15(21)18-3-4-24-13-2-1-9(19(22)23)7-12(13)18/h1-2,5-7,20H,3-4H2. The van der Waals surface area contributed by atoms with Gasteiger partial charge in [-0.15, -0.1) is 0 Å². The van der Waals surface area contributed by atoms with Crippen molar-refractivity contribution in [3.63, 3.8) is 0 Å². The van der Waals surface area contributed by atoms with Crippen molar-refractivity contribution >= 4 is 49.1 Å². The summed E-state index contributed by atoms with van der Waals surface area (Å²) in [5, 5.41) is 20.7. The minimum Gasteiger partial charge on any atom is -0.506 e. The normalized spacial score (nSPS) is 13.2. The molecule has 0 fully saturated rings. The minimum atomic E-state index is -0.523. The topological polar surface area (TPSA) is 92.9 Å². The molecule has 1 aliphatic heterocycles. The number of carbonyl (C=O) groups excluding carboxylic acids is 1. The first kappa shape index (κ1) is 16.7. The maximum Gasteiger partial charge on any atom is 0.271 e. The molecular formula is C15H10Br2N2O5. The van der Waals surface area contributed by atoms with E-state index in [2.05, 4.69) is 31.9 Å². The highest BCUT2D eigenvalue weighted by Crippen LogP contribution is 2.37. The van der Waals surface area contributed by atoms with Crippen molar-refractivity contribution in [3.05, 3.63) is 55.0 Å². The Morgan fingerprint density at radius 3 is 2.54 bits per heavy atom. The number of rotatable bonds is 2. The maximum absolute atomic E-state index is 12.8. The zero-order valence-corrected chi connectivity index (χ0v) is 15.2. The highest BCUT2D eigenvalue weighted by Gasteiger charge is 2.27. The number of non-ortho nitro benzene ring substituents is 1. The summed E-state index contributed by atoms with van der Waals surface area (Å²) >= 11 is 6.37. The molecule has 0 saturated heterocycles. The first-order valence-electron chi connectivity index (χ1n) is 6.79. The van der Waals surface area contributed by atoms with Gasteiger partial charge < -0.3 is 14.7 Å². The number of phenols is 1. The molecule has 3 rings (SSSR count). The van der Waals surface area contributed by atoms with Crippen LogP contribution in [0.4, 0.5) is 11.4 Å². The molecular weight excluding hydrogens is 448 g/mol. The van der Waals surface area contributed by atoms with E-state index in [0.29, 0.717) is 25.9 Å². The molecule has 0 aromatic heterocycles. The van der Waals surface area contributed by atoms with Crippen molar-refractivity contribution in [2.24, 2.45) is 0 Å². The van der Waals surface area contributed by atoms with Gasteiger partial charge >= 0.3 is 0 Å². The van der Waals surface area contributed by atoms with Crippen molar-refractivity contribution in [2.45, 2.75) is 0 Å². The van der Waals surface area contributed by atoms with E-state index in [0.717, 1.165) is 0 Å². The van der Waals surface area contributed by atoms with E-state index in [1.807, 2.05) is 0 Å². The number of nitrogens with zero attached hydrogens (tertiary/aromatic N) is 2. The van der Waals surface area contributed by atoms with Crippen LogP contribution in [0.2, 0.25) is 0 Å². The monoisotopic (exact) mass is 456 g/mol. The van der Waals surface area contributed by atoms with Crippen LogP contribution in [-0.2, 0) is 0 Å². The predicted octanol–water partition coefficient (Wildman–Crippen LogP) is 3.86. The summed E-state index contributed by atoms with van der Waals surface area (Å²) < 4.78 is 6.20. The molecule has 2 aromatic carbocycles. The highest BCUT2D eigenvalue weighted by molar-refractivity contribution is 9.11. The Kier molecular flexibility index (Phi) is 4.46. The van der Waals surface area contributed by atoms with E-state index in [1.165, 1.54) is 35.2 Å². The Morgan fingerprint density at radius 1 is 1.25 bits per heavy atom. The summed E-state index contributed by atoms with van der Waals surface area (Å²) in [6, 6.07) is 7.12. The third kappa shape index (κ3) is 2.96. The van der Waals surface area contributed by atoms with Crippen LogP contribution in [0.15, 0.2) is 39.3 Å². The molecule has 1 N–H and O–H groups in total. The van der Waals surface area contributed by atoms with Gasteiger partial charge in [0.2, 0.25) is 0 Å². The van der Waals surface area contributed by atoms with Gasteiger partial charge in [0.1, 0.15) is 18.1 Å². The Hall–Kier alpha value is -2.13. The second-order valence-corrected chi connectivity index (χ2v) is 6.71. The van der Waals surface area contributed by atoms with Crippen LogP contribution in [0.5, 0.6) is 11.5 Å². The molecule has 0 spiro atoms. The number of ether oxygens (including phenoxy) is 1. The zero-order chi connectivity index (χ0) is 17.4. The zero-order valence-electron chi connectivity index (χ0n) is 12.0. The average molecular weight is 458 g/mol. The first-order chi connectivity index (χ1) is 11.4. The molecule has 7 nitrogen and oxygen atoms in total. The number of carbonyl (C=O) groups is 1. The number of halogens is 2. The molecule has 0 bridgehead atoms. The van der Waals surface area contributed by atoms with Crippen LogP contribution >= 0.6 is 31.9 Å². The highest BCUT2D eigenvalue weighted by atomic mass is 79.9. The molecule has 1 amide bonds. The molecule has 24 heavy (non-hydrogen) atoms. The molecule has 0 unspecified atom stereocenters. The fourth-order valence-corrected chi connectivity index (χ4v) is 3.56. The third-order valence-electron chi connectivity index (χ3n) is 3.53. The van der Waals surface area contributed by atoms with E-state index in [4.69, 9.17) is 4.74 Å². The van der Waals surface area contributed by atoms with Crippen molar-refractivity contribution in [3.8, 4) is 11.5 Å². The van der Waals surface area contributed by atoms with Crippen LogP contribution in [0.25, 0.3) is 0 Å². The van der Waals surface area contributed by atoms with E-state index >= 15 is 0 Å². The summed E-state index contributed by atoms with van der Waals surface area (Å²) in [7, 11) is 0. The maximum atomic E-state index is 12.8. The molecule has 2 aromatic rings. The lowest BCUT2D eigenvalue weighted by Crippen LogP contribution is -2.38. The molecule has 0 radical (unpaired) electrons. The number of phenolic OH excluding ortho intramolecular Hbond substituents is 1. The fraction of sp³-hybridized carbons (Fsp3) is 0.133. The summed E-state index contributed by atoms with van der Waals surface area (Å²) in [5.74, 6) is 0.0584. The number of hydrogen-bond acceptors (Lipinski definition) is 5. The summed E-state index contributed by atoms with van der Waals surface area (Å²) in [5.41, 5.74) is 0.553. The summed E-state index contributed by atoms with van der Waals surface area (Å²) in [4.78, 5) is 24.7. The number of hydrogen-bond donors (Lipinski definition) is 1. The van der Waals surface area contributed by atoms with Crippen molar-refractivity contribution in [1.82, 2.24) is 0 Å². The number of nitro groups is 1. The molecule has 1 aliphatic rings. The Labute approximate surface area is 153 Å². The second-order valence-electron chi connectivity index (χ2n) is 5.00. The number of fused-ring (bicyclic) bond motifs is 1. The number of aromatic hydroxyl groups is 1. The molecule has 0 aliphatic carbocycles. The van der Waals surface area contributed by atoms with Crippen LogP contribution < -0.4 is 9.64 Å². The molecule has 0 atom stereocenters. The average Bonchev–Trinajstić information content (AvgIpc) is 2.57. The lowest BCUT2D eigenvalue weighted by atomic mass is 10.1. The van der Waals surface area contributed by atoms with Gasteiger partial charge in [-0.3, -0.25) is 14.9 Å². The van der Waals surface area contributed by atoms with E-state index in [-0.39, 0.29) is 30.5 Å². The summed E-state index contributed by atoms with van der Waals surface area (Å²) in [6.45, 7) is 0.556. The van der Waals surface area contributed by atoms with Gasteiger partial charge in [-0.2, -0.15) is 0 Å². The third-order valence-corrected chi connectivity index (χ3v) is 4.73. The van der Waals surface area contributed by atoms with E-state index < -0.39 is 4.92 Å². The Balaban J connectivity index is 2.04. The number of amides is 1. The molecule has 9 heteroatoms. The van der Waals surface area contributed by atoms with Crippen molar-refractivity contribution in [2.75, 3.05) is 18.1 Å². The number of benzene rings is 2. The van der Waals surface area contributed by atoms with Crippen molar-refractivity contribution in [1.29, 1.82) is 0 Å². The first-order valence-corrected chi connectivity index (χ1v) is 8.38. The minimum absolute atomic E-state index is 0.00966. The lowest BCUT2D eigenvalue weighted by Gasteiger charge is -2.29. The SMILES string of the molecule is O=C(c1cc(Br)c(O)c(Br)c1)N1CCOc2ccc([N+](=O)[O-])cc21. The predicted molar refractivity (Wildman–Crippen MR) is 93.8 cm³/mol. The van der Waals surface area contributed by atoms with Crippen LogP contribution in [-0.4, -0.2) is 29.1 Å². The summed E-state index contributed by atoms with van der Waals surface area (Å²) in [6.07, 6.45) is 0. The molecule has 124 valence electrons. The second kappa shape index (κ2) is 6.40. The van der Waals surface area contributed by atoms with Crippen molar-refractivity contribution < 1.29 is 19.6 Å². The van der Waals surface area contributed by atoms with Gasteiger partial charge in [0, 0.05) is 17.7 Å². The van der Waals surface area contributed by atoms with Gasteiger partial charge in [-0.25, -0.2) is 0 Å². The number of anilines is 1. The largest absolute Gasteiger partial charge is 0.506 e. The van der Waals surface area contributed by atoms with Gasteiger partial charge in [0.25, 0.3) is 11.6 Å². The smallest absolute Gasteiger partial charge is 0.271 e. The van der Waals surface area contributed by atoms with Crippen LogP contribution in [0.1, 0.15) is 10.4 Å². The fourth-order valence-electron chi connectivity index (χ4n) is 2.38. The van der Waals surface area contributed by atoms with Gasteiger partial charge in [-0.1, -0.05) is 0 Å². The quantitative estimate of drug-likeness (QED) is 0.545. The molecule has 0 saturated carbocycles. The van der Waals surface area contributed by atoms with E-state index in [9.17, 15) is 20.0 Å². The van der Waals surface area contributed by atoms with Gasteiger partial charge in [-0.05, 0) is 50.1 Å². The van der Waals surface area contributed by atoms with Crippen LogP contribution in [0, 0.1) is 10.1 Å². The molecule has 1 heterocycles. The lowest BCUT2D eigenvalue weighted by molar-refractivity contribution is -0.384. The van der Waals surface area contributed by atoms with Crippen LogP contribution in [0.3, 0.4) is 0 Å². The van der Waals surface area contributed by atoms with Gasteiger partial charge in [0.05, 0.1) is 26.1 Å². The van der Waals surface area contributed by atoms with E-state index in [1.54, 1.807) is 0 Å². The number of nitro benzene ring substituents is 1. The van der Waals surface area contributed by atoms with Gasteiger partial charge in [0.15, 0.2) is 0 Å².